The van der Waals surface area contributed by atoms with Crippen molar-refractivity contribution >= 4 is 40.3 Å². The summed E-state index contributed by atoms with van der Waals surface area (Å²) in [7, 11) is 0. The van der Waals surface area contributed by atoms with Gasteiger partial charge in [0.1, 0.15) is 12.1 Å². The Labute approximate surface area is 197 Å². The fourth-order valence-electron chi connectivity index (χ4n) is 4.49. The van der Waals surface area contributed by atoms with E-state index in [-0.39, 0.29) is 24.9 Å². The van der Waals surface area contributed by atoms with E-state index in [0.29, 0.717) is 17.9 Å². The minimum atomic E-state index is -0.929. The maximum Gasteiger partial charge on any atom is 0.325 e. The predicted octanol–water partition coefficient (Wildman–Crippen LogP) is 4.18. The Hall–Kier alpha value is -3.32. The maximum atomic E-state index is 12.8. The van der Waals surface area contributed by atoms with Crippen LogP contribution in [0.3, 0.4) is 0 Å². The highest BCUT2D eigenvalue weighted by molar-refractivity contribution is 6.31. The highest BCUT2D eigenvalue weighted by Crippen LogP contribution is 2.34. The number of urea groups is 1. The number of benzene rings is 2. The van der Waals surface area contributed by atoms with Gasteiger partial charge in [0.2, 0.25) is 5.91 Å². The van der Waals surface area contributed by atoms with Crippen LogP contribution in [0.15, 0.2) is 54.7 Å². The van der Waals surface area contributed by atoms with Gasteiger partial charge >= 0.3 is 6.03 Å². The predicted molar refractivity (Wildman–Crippen MR) is 128 cm³/mol. The first-order chi connectivity index (χ1) is 15.9. The minimum Gasteiger partial charge on any atom is -0.361 e. The van der Waals surface area contributed by atoms with Gasteiger partial charge in [0, 0.05) is 34.6 Å². The van der Waals surface area contributed by atoms with Crippen LogP contribution in [0.5, 0.6) is 0 Å². The van der Waals surface area contributed by atoms with Gasteiger partial charge in [-0.15, -0.1) is 0 Å². The molecule has 1 unspecified atom stereocenters. The van der Waals surface area contributed by atoms with Gasteiger partial charge in [0.15, 0.2) is 0 Å². The van der Waals surface area contributed by atoms with Crippen LogP contribution in [0.2, 0.25) is 5.02 Å². The lowest BCUT2D eigenvalue weighted by atomic mass is 9.90. The molecule has 1 saturated heterocycles. The number of hydrogen-bond acceptors (Lipinski definition) is 3. The summed E-state index contributed by atoms with van der Waals surface area (Å²) in [4.78, 5) is 42.3. The standard InChI is InChI=1S/C25H27ClN4O3/c1-3-25(4-2)23(32)30(24(33)29-25)15-22(31)28-14-18(16-9-5-7-11-20(16)26)19-13-27-21-12-8-6-10-17(19)21/h5-13,18,27H,3-4,14-15H2,1-2H3,(H,28,31)(H,29,33). The van der Waals surface area contributed by atoms with Crippen LogP contribution in [0.25, 0.3) is 10.9 Å². The van der Waals surface area contributed by atoms with Gasteiger partial charge < -0.3 is 15.6 Å². The van der Waals surface area contributed by atoms with Crippen molar-refractivity contribution < 1.29 is 14.4 Å². The zero-order valence-electron chi connectivity index (χ0n) is 18.7. The Morgan fingerprint density at radius 1 is 1.06 bits per heavy atom. The van der Waals surface area contributed by atoms with Crippen molar-refractivity contribution in [3.8, 4) is 0 Å². The number of imide groups is 1. The van der Waals surface area contributed by atoms with Crippen LogP contribution in [0.4, 0.5) is 4.79 Å². The van der Waals surface area contributed by atoms with E-state index in [1.165, 1.54) is 0 Å². The van der Waals surface area contributed by atoms with E-state index in [4.69, 9.17) is 11.6 Å². The van der Waals surface area contributed by atoms with Crippen molar-refractivity contribution in [1.82, 2.24) is 20.5 Å². The zero-order chi connectivity index (χ0) is 23.6. The topological polar surface area (TPSA) is 94.3 Å². The molecule has 1 aromatic heterocycles. The number of carbonyl (C=O) groups is 3. The number of para-hydroxylation sites is 1. The number of halogens is 1. The number of hydrogen-bond donors (Lipinski definition) is 3. The fourth-order valence-corrected chi connectivity index (χ4v) is 4.76. The fraction of sp³-hybridized carbons (Fsp3) is 0.320. The quantitative estimate of drug-likeness (QED) is 0.435. The van der Waals surface area contributed by atoms with E-state index >= 15 is 0 Å². The molecular weight excluding hydrogens is 440 g/mol. The average molecular weight is 467 g/mol. The van der Waals surface area contributed by atoms with Crippen LogP contribution in [-0.2, 0) is 9.59 Å². The normalized spacial score (nSPS) is 16.2. The van der Waals surface area contributed by atoms with Crippen molar-refractivity contribution in [1.29, 1.82) is 0 Å². The second-order valence-electron chi connectivity index (χ2n) is 8.28. The molecule has 1 atom stereocenters. The van der Waals surface area contributed by atoms with E-state index in [9.17, 15) is 14.4 Å². The number of H-pyrrole nitrogens is 1. The average Bonchev–Trinajstić information content (AvgIpc) is 3.35. The minimum absolute atomic E-state index is 0.215. The van der Waals surface area contributed by atoms with Crippen molar-refractivity contribution in [2.75, 3.05) is 13.1 Å². The zero-order valence-corrected chi connectivity index (χ0v) is 19.4. The molecule has 1 aliphatic heterocycles. The van der Waals surface area contributed by atoms with Crippen molar-refractivity contribution in [3.05, 3.63) is 70.9 Å². The Kier molecular flexibility index (Phi) is 6.42. The van der Waals surface area contributed by atoms with Gasteiger partial charge in [-0.2, -0.15) is 0 Å². The lowest BCUT2D eigenvalue weighted by Gasteiger charge is -2.23. The Balaban J connectivity index is 1.55. The smallest absolute Gasteiger partial charge is 0.325 e. The second-order valence-corrected chi connectivity index (χ2v) is 8.69. The van der Waals surface area contributed by atoms with Gasteiger partial charge in [0.05, 0.1) is 0 Å². The molecule has 4 rings (SSSR count). The van der Waals surface area contributed by atoms with Crippen LogP contribution in [0, 0.1) is 0 Å². The molecule has 2 aromatic carbocycles. The molecule has 3 aromatic rings. The second kappa shape index (κ2) is 9.27. The molecule has 1 aliphatic rings. The summed E-state index contributed by atoms with van der Waals surface area (Å²) in [5.74, 6) is -0.974. The summed E-state index contributed by atoms with van der Waals surface area (Å²) in [6.07, 6.45) is 2.88. The first-order valence-electron chi connectivity index (χ1n) is 11.1. The molecule has 172 valence electrons. The monoisotopic (exact) mass is 466 g/mol. The third-order valence-electron chi connectivity index (χ3n) is 6.54. The number of carbonyl (C=O) groups excluding carboxylic acids is 3. The molecule has 0 saturated carbocycles. The van der Waals surface area contributed by atoms with Gasteiger partial charge in [-0.05, 0) is 36.1 Å². The summed E-state index contributed by atoms with van der Waals surface area (Å²) in [6.45, 7) is 3.64. The Morgan fingerprint density at radius 2 is 1.76 bits per heavy atom. The highest BCUT2D eigenvalue weighted by atomic mass is 35.5. The summed E-state index contributed by atoms with van der Waals surface area (Å²) in [5.41, 5.74) is 1.95. The number of fused-ring (bicyclic) bond motifs is 1. The third kappa shape index (κ3) is 4.20. The molecule has 0 radical (unpaired) electrons. The van der Waals surface area contributed by atoms with Crippen molar-refractivity contribution in [2.45, 2.75) is 38.1 Å². The van der Waals surface area contributed by atoms with E-state index in [1.807, 2.05) is 68.6 Å². The van der Waals surface area contributed by atoms with E-state index in [1.54, 1.807) is 0 Å². The summed E-state index contributed by atoms with van der Waals surface area (Å²) >= 11 is 6.51. The summed E-state index contributed by atoms with van der Waals surface area (Å²) < 4.78 is 0. The van der Waals surface area contributed by atoms with Crippen LogP contribution < -0.4 is 10.6 Å². The summed E-state index contributed by atoms with van der Waals surface area (Å²) in [6, 6.07) is 14.9. The van der Waals surface area contributed by atoms with Gasteiger partial charge in [-0.3, -0.25) is 14.5 Å². The van der Waals surface area contributed by atoms with E-state index < -0.39 is 17.5 Å². The third-order valence-corrected chi connectivity index (χ3v) is 6.88. The van der Waals surface area contributed by atoms with Crippen LogP contribution >= 0.6 is 11.6 Å². The lowest BCUT2D eigenvalue weighted by molar-refractivity contribution is -0.135. The number of nitrogens with zero attached hydrogens (tertiary/aromatic N) is 1. The molecule has 8 heteroatoms. The number of rotatable bonds is 8. The molecule has 0 aliphatic carbocycles. The first kappa shape index (κ1) is 22.9. The Bertz CT molecular complexity index is 1200. The number of aromatic nitrogens is 1. The molecule has 1 fully saturated rings. The summed E-state index contributed by atoms with van der Waals surface area (Å²) in [5, 5.41) is 7.30. The van der Waals surface area contributed by atoms with Crippen LogP contribution in [-0.4, -0.2) is 46.4 Å². The number of aromatic amines is 1. The number of amides is 4. The largest absolute Gasteiger partial charge is 0.361 e. The Morgan fingerprint density at radius 3 is 2.45 bits per heavy atom. The molecule has 7 nitrogen and oxygen atoms in total. The van der Waals surface area contributed by atoms with Gasteiger partial charge in [-0.1, -0.05) is 61.8 Å². The van der Waals surface area contributed by atoms with Crippen molar-refractivity contribution in [3.63, 3.8) is 0 Å². The highest BCUT2D eigenvalue weighted by Gasteiger charge is 2.49. The van der Waals surface area contributed by atoms with Crippen LogP contribution in [0.1, 0.15) is 43.7 Å². The molecular formula is C25H27ClN4O3. The molecule has 0 bridgehead atoms. The molecule has 3 N–H and O–H groups in total. The molecule has 0 spiro atoms. The number of nitrogens with one attached hydrogen (secondary N) is 3. The van der Waals surface area contributed by atoms with Gasteiger partial charge in [-0.25, -0.2) is 4.79 Å². The molecule has 33 heavy (non-hydrogen) atoms. The van der Waals surface area contributed by atoms with E-state index in [0.717, 1.165) is 26.9 Å². The van der Waals surface area contributed by atoms with Gasteiger partial charge in [0.25, 0.3) is 5.91 Å². The van der Waals surface area contributed by atoms with E-state index in [2.05, 4.69) is 15.6 Å². The molecule has 2 heterocycles. The maximum absolute atomic E-state index is 12.8. The first-order valence-corrected chi connectivity index (χ1v) is 11.5. The van der Waals surface area contributed by atoms with Crippen molar-refractivity contribution in [2.24, 2.45) is 0 Å². The SMILES string of the molecule is CCC1(CC)NC(=O)N(CC(=O)NCC(c2ccccc2Cl)c2c[nH]c3ccccc23)C1=O. The molecule has 4 amide bonds. The lowest BCUT2D eigenvalue weighted by Crippen LogP contribution is -2.46.